The van der Waals surface area contributed by atoms with Gasteiger partial charge in [0.2, 0.25) is 0 Å². The molecule has 1 aromatic carbocycles. The van der Waals surface area contributed by atoms with Crippen molar-refractivity contribution in [2.45, 2.75) is 6.10 Å². The minimum absolute atomic E-state index is 0.458. The lowest BCUT2D eigenvalue weighted by Gasteiger charge is -2.19. The van der Waals surface area contributed by atoms with E-state index in [4.69, 9.17) is 9.47 Å². The third kappa shape index (κ3) is 1.66. The Morgan fingerprint density at radius 1 is 1.29 bits per heavy atom. The van der Waals surface area contributed by atoms with E-state index in [-0.39, 0.29) is 0 Å². The number of aliphatic hydroxyl groups is 1. The SMILES string of the molecule is [NH3+]C[C@H](O)c1ccc2c(c1)OCCO2. The maximum Gasteiger partial charge on any atom is 0.161 e. The number of hydrogen-bond donors (Lipinski definition) is 2. The van der Waals surface area contributed by atoms with Crippen LogP contribution >= 0.6 is 0 Å². The first-order valence-electron chi connectivity index (χ1n) is 4.68. The zero-order chi connectivity index (χ0) is 9.97. The third-order valence-corrected chi connectivity index (χ3v) is 2.22. The quantitative estimate of drug-likeness (QED) is 0.684. The van der Waals surface area contributed by atoms with E-state index in [0.717, 1.165) is 11.3 Å². The molecule has 2 rings (SSSR count). The highest BCUT2D eigenvalue weighted by Gasteiger charge is 2.14. The van der Waals surface area contributed by atoms with Crippen molar-refractivity contribution in [3.8, 4) is 11.5 Å². The molecule has 1 aliphatic rings. The van der Waals surface area contributed by atoms with Crippen LogP contribution in [0.4, 0.5) is 0 Å². The predicted octanol–water partition coefficient (Wildman–Crippen LogP) is -0.267. The number of rotatable bonds is 2. The van der Waals surface area contributed by atoms with Gasteiger partial charge >= 0.3 is 0 Å². The normalized spacial score (nSPS) is 16.4. The predicted molar refractivity (Wildman–Crippen MR) is 50.1 cm³/mol. The van der Waals surface area contributed by atoms with Gasteiger partial charge in [0.1, 0.15) is 25.9 Å². The summed E-state index contributed by atoms with van der Waals surface area (Å²) in [6.07, 6.45) is -0.522. The summed E-state index contributed by atoms with van der Waals surface area (Å²) < 4.78 is 10.8. The monoisotopic (exact) mass is 196 g/mol. The maximum absolute atomic E-state index is 9.57. The Morgan fingerprint density at radius 3 is 2.71 bits per heavy atom. The molecule has 0 radical (unpaired) electrons. The first-order valence-corrected chi connectivity index (χ1v) is 4.68. The molecule has 0 bridgehead atoms. The first kappa shape index (κ1) is 9.30. The van der Waals surface area contributed by atoms with Crippen molar-refractivity contribution in [1.82, 2.24) is 0 Å². The van der Waals surface area contributed by atoms with Crippen molar-refractivity contribution in [3.63, 3.8) is 0 Å². The van der Waals surface area contributed by atoms with Crippen molar-refractivity contribution in [1.29, 1.82) is 0 Å². The van der Waals surface area contributed by atoms with E-state index < -0.39 is 6.10 Å². The molecule has 0 fully saturated rings. The van der Waals surface area contributed by atoms with Crippen LogP contribution < -0.4 is 15.2 Å². The van der Waals surface area contributed by atoms with Crippen LogP contribution in [0, 0.1) is 0 Å². The smallest absolute Gasteiger partial charge is 0.161 e. The van der Waals surface area contributed by atoms with Gasteiger partial charge in [-0.05, 0) is 17.7 Å². The fourth-order valence-corrected chi connectivity index (χ4v) is 1.43. The van der Waals surface area contributed by atoms with Crippen molar-refractivity contribution in [3.05, 3.63) is 23.8 Å². The molecule has 1 heterocycles. The molecule has 4 nitrogen and oxygen atoms in total. The molecule has 14 heavy (non-hydrogen) atoms. The Hall–Kier alpha value is -1.26. The summed E-state index contributed by atoms with van der Waals surface area (Å²) in [6.45, 7) is 1.61. The molecule has 0 saturated heterocycles. The summed E-state index contributed by atoms with van der Waals surface area (Å²) >= 11 is 0. The second-order valence-corrected chi connectivity index (χ2v) is 3.21. The minimum atomic E-state index is -0.522. The van der Waals surface area contributed by atoms with Gasteiger partial charge in [-0.2, -0.15) is 0 Å². The number of fused-ring (bicyclic) bond motifs is 1. The highest BCUT2D eigenvalue weighted by atomic mass is 16.6. The van der Waals surface area contributed by atoms with Crippen molar-refractivity contribution >= 4 is 0 Å². The molecule has 0 aromatic heterocycles. The van der Waals surface area contributed by atoms with E-state index in [1.54, 1.807) is 0 Å². The van der Waals surface area contributed by atoms with Gasteiger partial charge in [-0.1, -0.05) is 6.07 Å². The number of benzene rings is 1. The van der Waals surface area contributed by atoms with E-state index in [1.807, 2.05) is 18.2 Å². The van der Waals surface area contributed by atoms with Gasteiger partial charge in [0, 0.05) is 0 Å². The molecular formula is C10H14NO3+. The molecular weight excluding hydrogens is 182 g/mol. The second kappa shape index (κ2) is 3.86. The first-order chi connectivity index (χ1) is 6.81. The molecule has 1 aromatic rings. The van der Waals surface area contributed by atoms with Gasteiger partial charge in [0.15, 0.2) is 11.5 Å². The topological polar surface area (TPSA) is 66.3 Å². The van der Waals surface area contributed by atoms with Gasteiger partial charge in [-0.3, -0.25) is 0 Å². The van der Waals surface area contributed by atoms with Crippen molar-refractivity contribution < 1.29 is 20.3 Å². The molecule has 0 amide bonds. The summed E-state index contributed by atoms with van der Waals surface area (Å²) in [7, 11) is 0. The number of ether oxygens (including phenoxy) is 2. The number of aliphatic hydroxyl groups excluding tert-OH is 1. The Balaban J connectivity index is 2.29. The van der Waals surface area contributed by atoms with Crippen LogP contribution in [0.25, 0.3) is 0 Å². The molecule has 0 saturated carbocycles. The van der Waals surface area contributed by atoms with E-state index in [2.05, 4.69) is 5.73 Å². The molecule has 4 heteroatoms. The fourth-order valence-electron chi connectivity index (χ4n) is 1.43. The van der Waals surface area contributed by atoms with Crippen LogP contribution in [0.2, 0.25) is 0 Å². The van der Waals surface area contributed by atoms with Gasteiger partial charge in [0.25, 0.3) is 0 Å². The molecule has 1 aliphatic heterocycles. The van der Waals surface area contributed by atoms with E-state index in [1.165, 1.54) is 0 Å². The molecule has 4 N–H and O–H groups in total. The molecule has 0 spiro atoms. The van der Waals surface area contributed by atoms with Crippen LogP contribution in [0.1, 0.15) is 11.7 Å². The Labute approximate surface area is 82.2 Å². The fraction of sp³-hybridized carbons (Fsp3) is 0.400. The lowest BCUT2D eigenvalue weighted by molar-refractivity contribution is -0.385. The summed E-state index contributed by atoms with van der Waals surface area (Å²) in [4.78, 5) is 0. The summed E-state index contributed by atoms with van der Waals surface area (Å²) in [5.74, 6) is 1.46. The van der Waals surface area contributed by atoms with Crippen molar-refractivity contribution in [2.24, 2.45) is 0 Å². The second-order valence-electron chi connectivity index (χ2n) is 3.21. The summed E-state index contributed by atoms with van der Waals surface area (Å²) in [5.41, 5.74) is 4.48. The average Bonchev–Trinajstić information content (AvgIpc) is 2.27. The number of hydrogen-bond acceptors (Lipinski definition) is 3. The van der Waals surface area contributed by atoms with Crippen LogP contribution in [-0.4, -0.2) is 24.9 Å². The standard InChI is InChI=1S/C10H13NO3/c11-6-8(12)7-1-2-9-10(5-7)14-4-3-13-9/h1-2,5,8,12H,3-4,6,11H2/p+1/t8-/m0/s1. The lowest BCUT2D eigenvalue weighted by atomic mass is 10.1. The highest BCUT2D eigenvalue weighted by Crippen LogP contribution is 2.32. The molecule has 76 valence electrons. The van der Waals surface area contributed by atoms with Crippen LogP contribution in [0.5, 0.6) is 11.5 Å². The maximum atomic E-state index is 9.57. The summed E-state index contributed by atoms with van der Waals surface area (Å²) in [5, 5.41) is 9.57. The molecule has 1 atom stereocenters. The molecule has 0 unspecified atom stereocenters. The van der Waals surface area contributed by atoms with Crippen molar-refractivity contribution in [2.75, 3.05) is 19.8 Å². The Morgan fingerprint density at radius 2 is 2.00 bits per heavy atom. The number of quaternary nitrogens is 1. The average molecular weight is 196 g/mol. The Kier molecular flexibility index (Phi) is 2.56. The summed E-state index contributed by atoms with van der Waals surface area (Å²) in [6, 6.07) is 5.47. The highest BCUT2D eigenvalue weighted by molar-refractivity contribution is 5.44. The van der Waals surface area contributed by atoms with E-state index >= 15 is 0 Å². The van der Waals surface area contributed by atoms with Gasteiger partial charge in [-0.15, -0.1) is 0 Å². The largest absolute Gasteiger partial charge is 0.486 e. The zero-order valence-electron chi connectivity index (χ0n) is 7.90. The van der Waals surface area contributed by atoms with E-state index in [9.17, 15) is 5.11 Å². The Bertz CT molecular complexity index is 327. The zero-order valence-corrected chi connectivity index (χ0v) is 7.90. The lowest BCUT2D eigenvalue weighted by Crippen LogP contribution is -2.52. The van der Waals surface area contributed by atoms with Crippen LogP contribution in [0.15, 0.2) is 18.2 Å². The van der Waals surface area contributed by atoms with Gasteiger partial charge in [0.05, 0.1) is 0 Å². The van der Waals surface area contributed by atoms with Gasteiger partial charge < -0.3 is 20.3 Å². The van der Waals surface area contributed by atoms with E-state index in [0.29, 0.717) is 25.5 Å². The third-order valence-electron chi connectivity index (χ3n) is 2.22. The van der Waals surface area contributed by atoms with Crippen LogP contribution in [-0.2, 0) is 0 Å². The van der Waals surface area contributed by atoms with Crippen LogP contribution in [0.3, 0.4) is 0 Å². The molecule has 0 aliphatic carbocycles. The minimum Gasteiger partial charge on any atom is -0.486 e. The van der Waals surface area contributed by atoms with Gasteiger partial charge in [-0.25, -0.2) is 0 Å².